The second-order valence-electron chi connectivity index (χ2n) is 8.87. The molecule has 4 heterocycles. The third-order valence-corrected chi connectivity index (χ3v) is 6.87. The fraction of sp³-hybridized carbons (Fsp3) is 0.222. The maximum absolute atomic E-state index is 13.4. The van der Waals surface area contributed by atoms with Crippen LogP contribution in [-0.2, 0) is 4.74 Å². The van der Waals surface area contributed by atoms with Gasteiger partial charge in [0.1, 0.15) is 11.4 Å². The average molecular weight is 501 g/mol. The third kappa shape index (κ3) is 4.08. The first kappa shape index (κ1) is 22.6. The molecule has 5 aromatic rings. The SMILES string of the molecule is C[C@@H](Nc1c(-c2nc3ccc(N4CCOCC4)cc3[nH]2)c(=O)[nH]c2cccc(Cl)c12)c1ccccn1. The maximum Gasteiger partial charge on any atom is 0.261 e. The quantitative estimate of drug-likeness (QED) is 0.309. The minimum Gasteiger partial charge on any atom is -0.378 e. The van der Waals surface area contributed by atoms with E-state index in [1.807, 2.05) is 49.4 Å². The summed E-state index contributed by atoms with van der Waals surface area (Å²) in [5, 5.41) is 4.77. The van der Waals surface area contributed by atoms with Crippen LogP contribution >= 0.6 is 11.6 Å². The van der Waals surface area contributed by atoms with Crippen LogP contribution in [0.1, 0.15) is 18.7 Å². The van der Waals surface area contributed by atoms with Crippen molar-refractivity contribution in [3.8, 4) is 11.4 Å². The van der Waals surface area contributed by atoms with E-state index in [0.717, 1.165) is 40.9 Å². The fourth-order valence-electron chi connectivity index (χ4n) is 4.73. The minimum atomic E-state index is -0.257. The number of H-pyrrole nitrogens is 2. The molecule has 9 heteroatoms. The number of aromatic amines is 2. The number of halogens is 1. The Bertz CT molecular complexity index is 1610. The van der Waals surface area contributed by atoms with Gasteiger partial charge in [-0.1, -0.05) is 23.7 Å². The first-order valence-corrected chi connectivity index (χ1v) is 12.3. The zero-order valence-electron chi connectivity index (χ0n) is 19.7. The highest BCUT2D eigenvalue weighted by atomic mass is 35.5. The average Bonchev–Trinajstić information content (AvgIpc) is 3.32. The Hall–Kier alpha value is -3.88. The van der Waals surface area contributed by atoms with Gasteiger partial charge in [-0.05, 0) is 49.4 Å². The number of hydrogen-bond acceptors (Lipinski definition) is 6. The van der Waals surface area contributed by atoms with E-state index >= 15 is 0 Å². The molecule has 0 amide bonds. The Balaban J connectivity index is 1.50. The lowest BCUT2D eigenvalue weighted by Gasteiger charge is -2.28. The lowest BCUT2D eigenvalue weighted by atomic mass is 10.1. The van der Waals surface area contributed by atoms with Crippen LogP contribution in [0, 0.1) is 0 Å². The Morgan fingerprint density at radius 3 is 2.72 bits per heavy atom. The molecule has 36 heavy (non-hydrogen) atoms. The first-order chi connectivity index (χ1) is 17.6. The van der Waals surface area contributed by atoms with Gasteiger partial charge in [0.15, 0.2) is 0 Å². The molecule has 0 spiro atoms. The number of imidazole rings is 1. The van der Waals surface area contributed by atoms with Gasteiger partial charge >= 0.3 is 0 Å². The second kappa shape index (κ2) is 9.29. The predicted octanol–water partition coefficient (Wildman–Crippen LogP) is 5.13. The monoisotopic (exact) mass is 500 g/mol. The summed E-state index contributed by atoms with van der Waals surface area (Å²) in [5.74, 6) is 0.475. The van der Waals surface area contributed by atoms with Crippen molar-refractivity contribution in [3.63, 3.8) is 0 Å². The van der Waals surface area contributed by atoms with Crippen molar-refractivity contribution in [1.82, 2.24) is 19.9 Å². The predicted molar refractivity (Wildman–Crippen MR) is 144 cm³/mol. The number of benzene rings is 2. The number of fused-ring (bicyclic) bond motifs is 2. The molecule has 1 fully saturated rings. The first-order valence-electron chi connectivity index (χ1n) is 11.9. The summed E-state index contributed by atoms with van der Waals surface area (Å²) in [7, 11) is 0. The van der Waals surface area contributed by atoms with Crippen molar-refractivity contribution in [2.24, 2.45) is 0 Å². The van der Waals surface area contributed by atoms with E-state index < -0.39 is 0 Å². The van der Waals surface area contributed by atoms with Crippen molar-refractivity contribution in [1.29, 1.82) is 0 Å². The van der Waals surface area contributed by atoms with E-state index in [2.05, 4.69) is 37.3 Å². The molecule has 1 saturated heterocycles. The minimum absolute atomic E-state index is 0.177. The lowest BCUT2D eigenvalue weighted by molar-refractivity contribution is 0.122. The van der Waals surface area contributed by atoms with E-state index in [1.54, 1.807) is 6.20 Å². The standard InChI is InChI=1S/C27H25ClN6O2/c1-16(19-6-2-3-10-29-19)30-25-23-18(28)5-4-7-21(23)33-27(35)24(25)26-31-20-9-8-17(15-22(20)32-26)34-11-13-36-14-12-34/h2-10,15-16H,11-14H2,1H3,(H,31,32)(H2,30,33,35)/t16-/m1/s1. The van der Waals surface area contributed by atoms with Crippen LogP contribution in [0.2, 0.25) is 5.02 Å². The van der Waals surface area contributed by atoms with Gasteiger partial charge in [0, 0.05) is 30.4 Å². The van der Waals surface area contributed by atoms with E-state index in [1.165, 1.54) is 0 Å². The Morgan fingerprint density at radius 2 is 1.92 bits per heavy atom. The zero-order valence-corrected chi connectivity index (χ0v) is 20.5. The van der Waals surface area contributed by atoms with Gasteiger partial charge in [0.2, 0.25) is 0 Å². The smallest absolute Gasteiger partial charge is 0.261 e. The van der Waals surface area contributed by atoms with Gasteiger partial charge in [0.05, 0.1) is 52.2 Å². The molecule has 0 radical (unpaired) electrons. The van der Waals surface area contributed by atoms with E-state index in [0.29, 0.717) is 40.8 Å². The third-order valence-electron chi connectivity index (χ3n) is 6.56. The van der Waals surface area contributed by atoms with Crippen LogP contribution in [0.25, 0.3) is 33.3 Å². The highest BCUT2D eigenvalue weighted by Crippen LogP contribution is 2.37. The number of pyridine rings is 2. The van der Waals surface area contributed by atoms with Crippen LogP contribution in [0.3, 0.4) is 0 Å². The number of morpholine rings is 1. The van der Waals surface area contributed by atoms with Crippen molar-refractivity contribution < 1.29 is 4.74 Å². The van der Waals surface area contributed by atoms with Crippen molar-refractivity contribution in [3.05, 3.63) is 81.9 Å². The van der Waals surface area contributed by atoms with Gasteiger partial charge in [-0.2, -0.15) is 0 Å². The van der Waals surface area contributed by atoms with Gasteiger partial charge in [-0.25, -0.2) is 4.98 Å². The lowest BCUT2D eigenvalue weighted by Crippen LogP contribution is -2.36. The Kier molecular flexibility index (Phi) is 5.83. The summed E-state index contributed by atoms with van der Waals surface area (Å²) < 4.78 is 5.48. The highest BCUT2D eigenvalue weighted by Gasteiger charge is 2.22. The van der Waals surface area contributed by atoms with Gasteiger partial charge in [0.25, 0.3) is 5.56 Å². The van der Waals surface area contributed by atoms with Crippen LogP contribution in [0.4, 0.5) is 11.4 Å². The van der Waals surface area contributed by atoms with Crippen LogP contribution in [0.5, 0.6) is 0 Å². The number of ether oxygens (including phenoxy) is 1. The van der Waals surface area contributed by atoms with Crippen molar-refractivity contribution >= 4 is 44.9 Å². The van der Waals surface area contributed by atoms with E-state index in [9.17, 15) is 4.79 Å². The molecular weight excluding hydrogens is 476 g/mol. The molecule has 6 rings (SSSR count). The number of nitrogens with zero attached hydrogens (tertiary/aromatic N) is 3. The fourth-order valence-corrected chi connectivity index (χ4v) is 5.00. The number of aromatic nitrogens is 4. The van der Waals surface area contributed by atoms with E-state index in [4.69, 9.17) is 21.3 Å². The molecule has 1 aliphatic rings. The van der Waals surface area contributed by atoms with Gasteiger partial charge in [-0.3, -0.25) is 9.78 Å². The summed E-state index contributed by atoms with van der Waals surface area (Å²) in [4.78, 5) is 31.3. The molecule has 3 aromatic heterocycles. The van der Waals surface area contributed by atoms with Crippen molar-refractivity contribution in [2.45, 2.75) is 13.0 Å². The maximum atomic E-state index is 13.4. The molecule has 8 nitrogen and oxygen atoms in total. The molecule has 2 aromatic carbocycles. The van der Waals surface area contributed by atoms with Crippen molar-refractivity contribution in [2.75, 3.05) is 36.5 Å². The van der Waals surface area contributed by atoms with Crippen LogP contribution in [0.15, 0.2) is 65.6 Å². The highest BCUT2D eigenvalue weighted by molar-refractivity contribution is 6.36. The number of nitrogens with one attached hydrogen (secondary N) is 3. The molecule has 0 aliphatic carbocycles. The van der Waals surface area contributed by atoms with Gasteiger partial charge < -0.3 is 24.9 Å². The topological polar surface area (TPSA) is 98.9 Å². The number of anilines is 2. The Labute approximate surface area is 212 Å². The second-order valence-corrected chi connectivity index (χ2v) is 9.28. The van der Waals surface area contributed by atoms with Crippen LogP contribution in [-0.4, -0.2) is 46.2 Å². The van der Waals surface area contributed by atoms with Gasteiger partial charge in [-0.15, -0.1) is 0 Å². The normalized spacial score (nSPS) is 14.9. The summed E-state index contributed by atoms with van der Waals surface area (Å²) in [6.45, 7) is 5.11. The summed E-state index contributed by atoms with van der Waals surface area (Å²) in [6, 6.07) is 17.2. The molecule has 0 bridgehead atoms. The summed E-state index contributed by atoms with van der Waals surface area (Å²) >= 11 is 6.66. The van der Waals surface area contributed by atoms with E-state index in [-0.39, 0.29) is 11.6 Å². The zero-order chi connectivity index (χ0) is 24.6. The molecule has 182 valence electrons. The number of hydrogen-bond donors (Lipinski definition) is 3. The molecule has 1 atom stereocenters. The number of rotatable bonds is 5. The molecule has 0 saturated carbocycles. The molecule has 1 aliphatic heterocycles. The van der Waals surface area contributed by atoms with Crippen LogP contribution < -0.4 is 15.8 Å². The molecule has 0 unspecified atom stereocenters. The molecule has 3 N–H and O–H groups in total. The summed E-state index contributed by atoms with van der Waals surface area (Å²) in [6.07, 6.45) is 1.75. The summed E-state index contributed by atoms with van der Waals surface area (Å²) in [5.41, 5.74) is 5.00. The largest absolute Gasteiger partial charge is 0.378 e. The molecular formula is C27H25ClN6O2. The Morgan fingerprint density at radius 1 is 1.06 bits per heavy atom.